The molecule has 2 heterocycles. The van der Waals surface area contributed by atoms with E-state index in [1.165, 1.54) is 0 Å². The number of nitrogens with zero attached hydrogens (tertiary/aromatic N) is 2. The van der Waals surface area contributed by atoms with Gasteiger partial charge in [-0.05, 0) is 44.0 Å². The number of rotatable bonds is 7. The summed E-state index contributed by atoms with van der Waals surface area (Å²) in [7, 11) is 0. The first-order valence-corrected chi connectivity index (χ1v) is 12.7. The van der Waals surface area contributed by atoms with Gasteiger partial charge in [0, 0.05) is 37.4 Å². The smallest absolute Gasteiger partial charge is 0.315 e. The highest BCUT2D eigenvalue weighted by Crippen LogP contribution is 2.45. The third-order valence-electron chi connectivity index (χ3n) is 5.75. The maximum Gasteiger partial charge on any atom is 0.315 e. The molecule has 0 saturated heterocycles. The highest BCUT2D eigenvalue weighted by molar-refractivity contribution is 8.00. The number of carbonyl (C=O) groups is 1. The summed E-state index contributed by atoms with van der Waals surface area (Å²) in [5.41, 5.74) is 4.01. The molecule has 6 nitrogen and oxygen atoms in total. The molecule has 0 aliphatic carbocycles. The van der Waals surface area contributed by atoms with Crippen LogP contribution in [0.2, 0.25) is 0 Å². The van der Waals surface area contributed by atoms with Gasteiger partial charge in [-0.1, -0.05) is 39.0 Å². The van der Waals surface area contributed by atoms with Gasteiger partial charge in [0.25, 0.3) is 0 Å². The molecule has 8 heteroatoms. The van der Waals surface area contributed by atoms with Gasteiger partial charge >= 0.3 is 5.97 Å². The lowest BCUT2D eigenvalue weighted by atomic mass is 9.94. The molecule has 0 radical (unpaired) electrons. The highest BCUT2D eigenvalue weighted by Gasteiger charge is 2.31. The van der Waals surface area contributed by atoms with Crippen molar-refractivity contribution in [1.82, 2.24) is 15.0 Å². The number of esters is 1. The number of aromatic hydroxyl groups is 1. The fourth-order valence-corrected chi connectivity index (χ4v) is 5.45. The Hall–Kier alpha value is -3.39. The Morgan fingerprint density at radius 3 is 2.58 bits per heavy atom. The quantitative estimate of drug-likeness (QED) is 0.218. The van der Waals surface area contributed by atoms with Gasteiger partial charge in [0.05, 0.1) is 19.0 Å². The fourth-order valence-electron chi connectivity index (χ4n) is 4.17. The predicted octanol–water partition coefficient (Wildman–Crippen LogP) is 6.56. The molecule has 4 aromatic rings. The number of phenolic OH excluding ortho intramolecular Hbond substituents is 1. The summed E-state index contributed by atoms with van der Waals surface area (Å²) >= 11 is 1.66. The zero-order valence-corrected chi connectivity index (χ0v) is 21.9. The number of halogens is 1. The normalized spacial score (nSPS) is 12.6. The first-order valence-electron chi connectivity index (χ1n) is 11.8. The van der Waals surface area contributed by atoms with Crippen LogP contribution in [-0.4, -0.2) is 37.4 Å². The number of hydrogen-bond donors (Lipinski definition) is 2. The van der Waals surface area contributed by atoms with Crippen LogP contribution in [0.4, 0.5) is 4.39 Å². The number of H-pyrrole nitrogens is 1. The molecule has 2 N–H and O–H groups in total. The van der Waals surface area contributed by atoms with Crippen LogP contribution in [0.3, 0.4) is 0 Å². The molecule has 2 aromatic heterocycles. The number of carbonyl (C=O) groups excluding carboxylic acids is 1. The van der Waals surface area contributed by atoms with Crippen molar-refractivity contribution in [3.63, 3.8) is 0 Å². The van der Waals surface area contributed by atoms with Crippen molar-refractivity contribution < 1.29 is 19.0 Å². The van der Waals surface area contributed by atoms with E-state index in [2.05, 4.69) is 35.7 Å². The molecule has 0 fully saturated rings. The minimum atomic E-state index is -0.604. The number of phenols is 1. The summed E-state index contributed by atoms with van der Waals surface area (Å²) in [4.78, 5) is 25.9. The summed E-state index contributed by atoms with van der Waals surface area (Å²) in [6.07, 6.45) is 2.65. The average Bonchev–Trinajstić information content (AvgIpc) is 3.17. The maximum atomic E-state index is 13.3. The van der Waals surface area contributed by atoms with Crippen molar-refractivity contribution >= 4 is 28.6 Å². The number of ether oxygens (including phenoxy) is 1. The van der Waals surface area contributed by atoms with Gasteiger partial charge < -0.3 is 14.8 Å². The van der Waals surface area contributed by atoms with E-state index in [9.17, 15) is 14.3 Å². The number of thioether (sulfide) groups is 1. The zero-order chi connectivity index (χ0) is 26.0. The molecule has 1 atom stereocenters. The van der Waals surface area contributed by atoms with Crippen molar-refractivity contribution in [2.75, 3.05) is 6.61 Å². The number of aromatic nitrogens is 3. The Kier molecular flexibility index (Phi) is 7.36. The first kappa shape index (κ1) is 25.7. The Bertz CT molecular complexity index is 1390. The third-order valence-corrected chi connectivity index (χ3v) is 6.99. The second-order valence-electron chi connectivity index (χ2n) is 9.65. The SMILES string of the molecule is CCOC(=O)C(Cc1cccc(-c2ncc(F)cn2)c1)c1[nH]c2ccc(O)c(C)c2c1SC(C)(C)C. The van der Waals surface area contributed by atoms with Crippen LogP contribution in [0.5, 0.6) is 5.75 Å². The minimum Gasteiger partial charge on any atom is -0.508 e. The van der Waals surface area contributed by atoms with Gasteiger partial charge in [0.1, 0.15) is 11.7 Å². The standard InChI is InChI=1S/C28H30FN3O3S/c1-6-35-27(34)20(13-17-8-7-9-18(12-17)26-30-14-19(29)15-31-26)24-25(36-28(3,4)5)23-16(2)22(33)11-10-21(23)32-24/h7-12,14-15,20,32-33H,6,13H2,1-5H3. The summed E-state index contributed by atoms with van der Waals surface area (Å²) < 4.78 is 18.7. The monoisotopic (exact) mass is 507 g/mol. The second kappa shape index (κ2) is 10.3. The van der Waals surface area contributed by atoms with E-state index < -0.39 is 11.7 Å². The van der Waals surface area contributed by atoms with Crippen molar-refractivity contribution in [2.45, 2.75) is 56.6 Å². The van der Waals surface area contributed by atoms with Crippen LogP contribution in [0, 0.1) is 12.7 Å². The third kappa shape index (κ3) is 5.54. The molecule has 4 rings (SSSR count). The van der Waals surface area contributed by atoms with Crippen molar-refractivity contribution in [2.24, 2.45) is 0 Å². The van der Waals surface area contributed by atoms with Crippen molar-refractivity contribution in [3.05, 3.63) is 71.4 Å². The molecule has 0 saturated carbocycles. The molecule has 188 valence electrons. The van der Waals surface area contributed by atoms with E-state index in [1.807, 2.05) is 37.3 Å². The Balaban J connectivity index is 1.82. The Morgan fingerprint density at radius 1 is 1.19 bits per heavy atom. The van der Waals surface area contributed by atoms with Crippen LogP contribution < -0.4 is 0 Å². The first-order chi connectivity index (χ1) is 17.1. The topological polar surface area (TPSA) is 88.1 Å². The van der Waals surface area contributed by atoms with Crippen molar-refractivity contribution in [1.29, 1.82) is 0 Å². The summed E-state index contributed by atoms with van der Waals surface area (Å²) in [6.45, 7) is 10.3. The van der Waals surface area contributed by atoms with Crippen LogP contribution in [0.25, 0.3) is 22.3 Å². The molecule has 0 bridgehead atoms. The van der Waals surface area contributed by atoms with E-state index >= 15 is 0 Å². The number of aryl methyl sites for hydroxylation is 1. The maximum absolute atomic E-state index is 13.3. The van der Waals surface area contributed by atoms with Crippen LogP contribution in [0.15, 0.2) is 53.7 Å². The Labute approximate surface area is 214 Å². The lowest BCUT2D eigenvalue weighted by Crippen LogP contribution is -2.20. The van der Waals surface area contributed by atoms with Crippen LogP contribution in [0.1, 0.15) is 50.4 Å². The molecule has 36 heavy (non-hydrogen) atoms. The molecule has 1 unspecified atom stereocenters. The minimum absolute atomic E-state index is 0.138. The zero-order valence-electron chi connectivity index (χ0n) is 21.1. The van der Waals surface area contributed by atoms with E-state index in [-0.39, 0.29) is 23.1 Å². The molecule has 0 spiro atoms. The van der Waals surface area contributed by atoms with Gasteiger partial charge in [-0.2, -0.15) is 0 Å². The van der Waals surface area contributed by atoms with E-state index in [1.54, 1.807) is 24.8 Å². The number of nitrogens with one attached hydrogen (secondary N) is 1. The molecule has 2 aromatic carbocycles. The molecule has 0 aliphatic heterocycles. The molecule has 0 amide bonds. The Morgan fingerprint density at radius 2 is 1.92 bits per heavy atom. The van der Waals surface area contributed by atoms with E-state index in [0.717, 1.165) is 50.6 Å². The molecular weight excluding hydrogens is 477 g/mol. The predicted molar refractivity (Wildman–Crippen MR) is 141 cm³/mol. The van der Waals surface area contributed by atoms with Crippen LogP contribution >= 0.6 is 11.8 Å². The van der Waals surface area contributed by atoms with Gasteiger partial charge in [0.15, 0.2) is 11.6 Å². The summed E-state index contributed by atoms with van der Waals surface area (Å²) in [6, 6.07) is 11.1. The number of hydrogen-bond acceptors (Lipinski definition) is 6. The number of aromatic amines is 1. The largest absolute Gasteiger partial charge is 0.508 e. The van der Waals surface area contributed by atoms with Crippen molar-refractivity contribution in [3.8, 4) is 17.1 Å². The molecule has 0 aliphatic rings. The highest BCUT2D eigenvalue weighted by atomic mass is 32.2. The lowest BCUT2D eigenvalue weighted by Gasteiger charge is -2.22. The van der Waals surface area contributed by atoms with Gasteiger partial charge in [-0.25, -0.2) is 14.4 Å². The second-order valence-corrected chi connectivity index (χ2v) is 11.5. The average molecular weight is 508 g/mol. The van der Waals surface area contributed by atoms with Gasteiger partial charge in [0.2, 0.25) is 0 Å². The summed E-state index contributed by atoms with van der Waals surface area (Å²) in [5.74, 6) is -0.810. The van der Waals surface area contributed by atoms with Gasteiger partial charge in [-0.3, -0.25) is 4.79 Å². The van der Waals surface area contributed by atoms with Gasteiger partial charge in [-0.15, -0.1) is 11.8 Å². The van der Waals surface area contributed by atoms with E-state index in [4.69, 9.17) is 4.74 Å². The van der Waals surface area contributed by atoms with Crippen LogP contribution in [-0.2, 0) is 16.0 Å². The lowest BCUT2D eigenvalue weighted by molar-refractivity contribution is -0.145. The molecular formula is C28H30FN3O3S. The van der Waals surface area contributed by atoms with E-state index in [0.29, 0.717) is 12.2 Å². The number of fused-ring (bicyclic) bond motifs is 1. The fraction of sp³-hybridized carbons (Fsp3) is 0.321. The number of benzene rings is 2. The summed E-state index contributed by atoms with van der Waals surface area (Å²) in [5, 5.41) is 11.3.